The minimum absolute atomic E-state index is 0.257. The Morgan fingerprint density at radius 2 is 2.21 bits per heavy atom. The fraction of sp³-hybridized carbons (Fsp3) is 0.400. The van der Waals surface area contributed by atoms with Gasteiger partial charge in [-0.1, -0.05) is 30.3 Å². The van der Waals surface area contributed by atoms with Gasteiger partial charge in [-0.25, -0.2) is 0 Å². The van der Waals surface area contributed by atoms with Gasteiger partial charge in [-0.2, -0.15) is 5.10 Å². The summed E-state index contributed by atoms with van der Waals surface area (Å²) in [6.45, 7) is 3.76. The average molecular weight is 257 g/mol. The number of benzene rings is 1. The first-order valence-electron chi connectivity index (χ1n) is 6.79. The lowest BCUT2D eigenvalue weighted by molar-refractivity contribution is -0.0630. The van der Waals surface area contributed by atoms with Crippen molar-refractivity contribution in [1.29, 1.82) is 0 Å². The molecule has 2 heterocycles. The Morgan fingerprint density at radius 3 is 2.84 bits per heavy atom. The van der Waals surface area contributed by atoms with Crippen molar-refractivity contribution in [3.05, 3.63) is 48.3 Å². The van der Waals surface area contributed by atoms with Gasteiger partial charge < -0.3 is 10.1 Å². The van der Waals surface area contributed by atoms with Crippen molar-refractivity contribution in [2.24, 2.45) is 0 Å². The number of nitrogens with one attached hydrogen (secondary N) is 1. The molecule has 1 saturated heterocycles. The fourth-order valence-electron chi connectivity index (χ4n) is 2.34. The Kier molecular flexibility index (Phi) is 3.51. The van der Waals surface area contributed by atoms with Crippen LogP contribution in [0.1, 0.15) is 12.5 Å². The van der Waals surface area contributed by atoms with Crippen molar-refractivity contribution in [1.82, 2.24) is 9.78 Å². The molecule has 2 unspecified atom stereocenters. The number of hydrogen-bond donors (Lipinski definition) is 1. The van der Waals surface area contributed by atoms with Crippen LogP contribution in [0.4, 0.5) is 5.69 Å². The number of nitrogens with zero attached hydrogens (tertiary/aromatic N) is 2. The molecule has 0 saturated carbocycles. The predicted octanol–water partition coefficient (Wildman–Crippen LogP) is 2.33. The lowest BCUT2D eigenvalue weighted by Gasteiger charge is -2.37. The van der Waals surface area contributed by atoms with Crippen LogP contribution < -0.4 is 5.32 Å². The number of aryl methyl sites for hydroxylation is 1. The highest BCUT2D eigenvalue weighted by Gasteiger charge is 2.32. The molecule has 0 radical (unpaired) electrons. The summed E-state index contributed by atoms with van der Waals surface area (Å²) < 4.78 is 7.59. The van der Waals surface area contributed by atoms with Gasteiger partial charge in [0.05, 0.1) is 30.6 Å². The molecule has 1 aliphatic rings. The van der Waals surface area contributed by atoms with Gasteiger partial charge in [0.15, 0.2) is 0 Å². The Hall–Kier alpha value is -1.81. The maximum atomic E-state index is 5.66. The third-order valence-electron chi connectivity index (χ3n) is 3.53. The molecular formula is C15H19N3O. The number of aromatic nitrogens is 2. The third kappa shape index (κ3) is 2.79. The van der Waals surface area contributed by atoms with Crippen LogP contribution in [0.2, 0.25) is 0 Å². The molecule has 1 aliphatic heterocycles. The number of hydrogen-bond acceptors (Lipinski definition) is 3. The molecule has 0 amide bonds. The summed E-state index contributed by atoms with van der Waals surface area (Å²) in [6, 6.07) is 10.9. The van der Waals surface area contributed by atoms with E-state index < -0.39 is 0 Å². The van der Waals surface area contributed by atoms with E-state index in [1.54, 1.807) is 0 Å². The molecule has 3 rings (SSSR count). The normalized spacial score (nSPS) is 21.9. The molecule has 1 aromatic carbocycles. The lowest BCUT2D eigenvalue weighted by Crippen LogP contribution is -2.51. The molecule has 1 aromatic heterocycles. The summed E-state index contributed by atoms with van der Waals surface area (Å²) in [5.74, 6) is 0. The summed E-state index contributed by atoms with van der Waals surface area (Å²) >= 11 is 0. The van der Waals surface area contributed by atoms with Gasteiger partial charge in [-0.15, -0.1) is 0 Å². The van der Waals surface area contributed by atoms with E-state index in [0.29, 0.717) is 6.04 Å². The molecule has 0 spiro atoms. The molecule has 1 fully saturated rings. The van der Waals surface area contributed by atoms with E-state index in [1.165, 1.54) is 5.56 Å². The molecule has 2 aromatic rings. The summed E-state index contributed by atoms with van der Waals surface area (Å²) in [5.41, 5.74) is 2.40. The zero-order valence-electron chi connectivity index (χ0n) is 11.1. The topological polar surface area (TPSA) is 39.1 Å². The van der Waals surface area contributed by atoms with Gasteiger partial charge in [0.2, 0.25) is 0 Å². The molecule has 4 heteroatoms. The van der Waals surface area contributed by atoms with Crippen molar-refractivity contribution in [2.45, 2.75) is 32.0 Å². The molecule has 2 atom stereocenters. The van der Waals surface area contributed by atoms with E-state index >= 15 is 0 Å². The molecule has 19 heavy (non-hydrogen) atoms. The summed E-state index contributed by atoms with van der Waals surface area (Å²) in [5, 5.41) is 7.76. The maximum Gasteiger partial charge on any atom is 0.0839 e. The zero-order valence-corrected chi connectivity index (χ0v) is 11.1. The van der Waals surface area contributed by atoms with Crippen LogP contribution in [-0.4, -0.2) is 28.5 Å². The Morgan fingerprint density at radius 1 is 1.37 bits per heavy atom. The van der Waals surface area contributed by atoms with Gasteiger partial charge in [0.1, 0.15) is 0 Å². The zero-order chi connectivity index (χ0) is 13.1. The van der Waals surface area contributed by atoms with Gasteiger partial charge >= 0.3 is 0 Å². The first-order valence-corrected chi connectivity index (χ1v) is 6.79. The van der Waals surface area contributed by atoms with Gasteiger partial charge in [0, 0.05) is 19.2 Å². The highest BCUT2D eigenvalue weighted by atomic mass is 16.5. The highest BCUT2D eigenvalue weighted by Crippen LogP contribution is 2.21. The monoisotopic (exact) mass is 257 g/mol. The minimum atomic E-state index is 0.257. The van der Waals surface area contributed by atoms with E-state index in [4.69, 9.17) is 4.74 Å². The second-order valence-corrected chi connectivity index (χ2v) is 4.90. The highest BCUT2D eigenvalue weighted by molar-refractivity contribution is 5.40. The molecular weight excluding hydrogens is 238 g/mol. The fourth-order valence-corrected chi connectivity index (χ4v) is 2.34. The molecule has 0 bridgehead atoms. The van der Waals surface area contributed by atoms with Crippen molar-refractivity contribution < 1.29 is 4.74 Å². The van der Waals surface area contributed by atoms with E-state index in [0.717, 1.165) is 25.3 Å². The summed E-state index contributed by atoms with van der Waals surface area (Å²) in [4.78, 5) is 0. The van der Waals surface area contributed by atoms with Gasteiger partial charge in [0.25, 0.3) is 0 Å². The summed E-state index contributed by atoms with van der Waals surface area (Å²) in [6.07, 6.45) is 5.13. The largest absolute Gasteiger partial charge is 0.375 e. The van der Waals surface area contributed by atoms with Crippen LogP contribution >= 0.6 is 0 Å². The van der Waals surface area contributed by atoms with E-state index in [-0.39, 0.29) is 6.10 Å². The van der Waals surface area contributed by atoms with Crippen LogP contribution in [0.3, 0.4) is 0 Å². The van der Waals surface area contributed by atoms with Crippen LogP contribution in [0.15, 0.2) is 42.7 Å². The Labute approximate surface area is 113 Å². The van der Waals surface area contributed by atoms with Crippen molar-refractivity contribution in [3.8, 4) is 0 Å². The molecule has 4 nitrogen and oxygen atoms in total. The predicted molar refractivity (Wildman–Crippen MR) is 75.2 cm³/mol. The Balaban J connectivity index is 1.57. The maximum absolute atomic E-state index is 5.66. The lowest BCUT2D eigenvalue weighted by atomic mass is 9.98. The molecule has 100 valence electrons. The van der Waals surface area contributed by atoms with Gasteiger partial charge in [-0.05, 0) is 12.5 Å². The first-order chi connectivity index (χ1) is 9.35. The molecule has 0 aliphatic carbocycles. The number of anilines is 1. The van der Waals surface area contributed by atoms with E-state index in [9.17, 15) is 0 Å². The van der Waals surface area contributed by atoms with E-state index in [1.807, 2.05) is 23.1 Å². The van der Waals surface area contributed by atoms with Gasteiger partial charge in [-0.3, -0.25) is 4.68 Å². The average Bonchev–Trinajstić information content (AvgIpc) is 2.90. The first kappa shape index (κ1) is 12.2. The third-order valence-corrected chi connectivity index (χ3v) is 3.53. The molecule has 1 N–H and O–H groups in total. The van der Waals surface area contributed by atoms with Crippen LogP contribution in [0.5, 0.6) is 0 Å². The van der Waals surface area contributed by atoms with Crippen LogP contribution in [-0.2, 0) is 17.7 Å². The van der Waals surface area contributed by atoms with Crippen LogP contribution in [0, 0.1) is 0 Å². The van der Waals surface area contributed by atoms with Crippen LogP contribution in [0.25, 0.3) is 0 Å². The smallest absolute Gasteiger partial charge is 0.0839 e. The minimum Gasteiger partial charge on any atom is -0.375 e. The standard InChI is InChI=1S/C15H19N3O/c1-2-18-10-13(9-16-18)17-14-11-19-15(14)8-12-6-4-3-5-7-12/h3-7,9-10,14-15,17H,2,8,11H2,1H3. The number of rotatable bonds is 5. The quantitative estimate of drug-likeness (QED) is 0.893. The Bertz CT molecular complexity index is 523. The second-order valence-electron chi connectivity index (χ2n) is 4.90. The van der Waals surface area contributed by atoms with Crippen molar-refractivity contribution in [3.63, 3.8) is 0 Å². The second kappa shape index (κ2) is 5.45. The SMILES string of the molecule is CCn1cc(NC2COC2Cc2ccccc2)cn1. The summed E-state index contributed by atoms with van der Waals surface area (Å²) in [7, 11) is 0. The van der Waals surface area contributed by atoms with Crippen molar-refractivity contribution >= 4 is 5.69 Å². The van der Waals surface area contributed by atoms with E-state index in [2.05, 4.69) is 41.6 Å². The van der Waals surface area contributed by atoms with Crippen molar-refractivity contribution in [2.75, 3.05) is 11.9 Å². The number of ether oxygens (including phenoxy) is 1.